The van der Waals surface area contributed by atoms with E-state index in [1.807, 2.05) is 38.1 Å². The van der Waals surface area contributed by atoms with Gasteiger partial charge in [0, 0.05) is 51.5 Å². The van der Waals surface area contributed by atoms with E-state index < -0.39 is 12.4 Å². The first-order valence-corrected chi connectivity index (χ1v) is 13.4. The third-order valence-electron chi connectivity index (χ3n) is 7.88. The molecule has 208 valence electrons. The van der Waals surface area contributed by atoms with Crippen molar-refractivity contribution in [2.75, 3.05) is 41.0 Å². The van der Waals surface area contributed by atoms with Gasteiger partial charge in [-0.3, -0.25) is 14.5 Å². The number of methoxy groups -OCH3 is 3. The van der Waals surface area contributed by atoms with Crippen LogP contribution in [0, 0.1) is 0 Å². The average molecular weight is 529 g/mol. The molecule has 3 heterocycles. The van der Waals surface area contributed by atoms with Gasteiger partial charge in [0.2, 0.25) is 0 Å². The molecule has 38 heavy (non-hydrogen) atoms. The van der Waals surface area contributed by atoms with Crippen LogP contribution in [0.1, 0.15) is 55.9 Å². The highest BCUT2D eigenvalue weighted by atomic mass is 16.7. The zero-order valence-electron chi connectivity index (χ0n) is 23.0. The minimum absolute atomic E-state index is 0.00214. The summed E-state index contributed by atoms with van der Waals surface area (Å²) in [6.45, 7) is 5.38. The number of piperidine rings is 1. The summed E-state index contributed by atoms with van der Waals surface area (Å²) in [4.78, 5) is 43.0. The summed E-state index contributed by atoms with van der Waals surface area (Å²) in [5.41, 5.74) is 0.760. The summed E-state index contributed by atoms with van der Waals surface area (Å²) in [7, 11) is 4.45. The number of aromatic nitrogens is 1. The van der Waals surface area contributed by atoms with Crippen molar-refractivity contribution >= 4 is 22.9 Å². The predicted octanol–water partition coefficient (Wildman–Crippen LogP) is 2.99. The molecule has 2 aliphatic heterocycles. The number of amides is 2. The third kappa shape index (κ3) is 5.87. The number of pyridine rings is 1. The first-order valence-electron chi connectivity index (χ1n) is 13.4. The topological polar surface area (TPSA) is 102 Å². The number of benzene rings is 1. The Morgan fingerprint density at radius 3 is 2.34 bits per heavy atom. The van der Waals surface area contributed by atoms with Crippen molar-refractivity contribution in [1.29, 1.82) is 0 Å². The van der Waals surface area contributed by atoms with Crippen molar-refractivity contribution in [1.82, 2.24) is 19.7 Å². The molecule has 0 saturated carbocycles. The molecule has 0 radical (unpaired) electrons. The van der Waals surface area contributed by atoms with Crippen LogP contribution in [0.2, 0.25) is 0 Å². The molecule has 0 aliphatic carbocycles. The van der Waals surface area contributed by atoms with E-state index in [0.717, 1.165) is 36.6 Å². The number of hydrogen-bond donors (Lipinski definition) is 1. The second-order valence-electron chi connectivity index (χ2n) is 10.5. The quantitative estimate of drug-likeness (QED) is 0.473. The smallest absolute Gasteiger partial charge is 0.409 e. The fourth-order valence-corrected chi connectivity index (χ4v) is 6.03. The van der Waals surface area contributed by atoms with Gasteiger partial charge in [0.1, 0.15) is 5.56 Å². The average Bonchev–Trinajstić information content (AvgIpc) is 3.15. The Bertz CT molecular complexity index is 1180. The Morgan fingerprint density at radius 2 is 1.74 bits per heavy atom. The van der Waals surface area contributed by atoms with Gasteiger partial charge in [-0.1, -0.05) is 18.2 Å². The molecule has 4 rings (SSSR count). The lowest BCUT2D eigenvalue weighted by Gasteiger charge is -2.40. The van der Waals surface area contributed by atoms with E-state index >= 15 is 0 Å². The Balaban J connectivity index is 1.42. The van der Waals surface area contributed by atoms with E-state index in [9.17, 15) is 14.4 Å². The summed E-state index contributed by atoms with van der Waals surface area (Å²) in [6.07, 6.45) is 2.77. The lowest BCUT2D eigenvalue weighted by molar-refractivity contribution is -0.114. The zero-order chi connectivity index (χ0) is 27.4. The van der Waals surface area contributed by atoms with Gasteiger partial charge in [-0.05, 0) is 57.0 Å². The SMILES string of the molecule is COC(=O)N(CCN1[C@@H]2CC[C@H]1C[C@@H](NC(=O)c1cc3ccccc3n(C(C)C)c1=O)C2)CC(OC)OC. The highest BCUT2D eigenvalue weighted by Crippen LogP contribution is 2.35. The fraction of sp³-hybridized carbons (Fsp3) is 0.607. The molecular weight excluding hydrogens is 488 g/mol. The summed E-state index contributed by atoms with van der Waals surface area (Å²) in [5.74, 6) is -0.310. The standard InChI is InChI=1S/C28H40N4O6/c1-18(2)32-24-9-7-6-8-19(24)14-23(27(32)34)26(33)29-20-15-21-10-11-22(16-20)31(21)13-12-30(28(35)38-5)17-25(36-3)37-4/h6-9,14,18,20-22,25H,10-13,15-17H2,1-5H3,(H,29,33)/t20-,21+,22-. The number of rotatable bonds is 10. The maximum atomic E-state index is 13.3. The third-order valence-corrected chi connectivity index (χ3v) is 7.88. The van der Waals surface area contributed by atoms with Crippen LogP contribution in [-0.2, 0) is 14.2 Å². The van der Waals surface area contributed by atoms with Crippen LogP contribution in [-0.4, -0.2) is 91.7 Å². The van der Waals surface area contributed by atoms with Crippen LogP contribution in [0.3, 0.4) is 0 Å². The fourth-order valence-electron chi connectivity index (χ4n) is 6.03. The molecular formula is C28H40N4O6. The minimum atomic E-state index is -0.526. The molecule has 2 aromatic rings. The van der Waals surface area contributed by atoms with Crippen LogP contribution < -0.4 is 10.9 Å². The number of nitrogens with one attached hydrogen (secondary N) is 1. The van der Waals surface area contributed by atoms with Crippen LogP contribution in [0.15, 0.2) is 35.1 Å². The van der Waals surface area contributed by atoms with E-state index in [2.05, 4.69) is 10.2 Å². The molecule has 10 nitrogen and oxygen atoms in total. The molecule has 10 heteroatoms. The van der Waals surface area contributed by atoms with Gasteiger partial charge in [0.05, 0.1) is 19.2 Å². The highest BCUT2D eigenvalue weighted by Gasteiger charge is 2.41. The normalized spacial score (nSPS) is 21.3. The predicted molar refractivity (Wildman–Crippen MR) is 144 cm³/mol. The number of carbonyl (C=O) groups excluding carboxylic acids is 2. The van der Waals surface area contributed by atoms with E-state index in [4.69, 9.17) is 14.2 Å². The summed E-state index contributed by atoms with van der Waals surface area (Å²) in [6, 6.07) is 9.93. The van der Waals surface area contributed by atoms with Gasteiger partial charge in [-0.15, -0.1) is 0 Å². The molecule has 1 N–H and O–H groups in total. The monoisotopic (exact) mass is 528 g/mol. The molecule has 0 spiro atoms. The first-order chi connectivity index (χ1) is 18.3. The molecule has 2 fully saturated rings. The summed E-state index contributed by atoms with van der Waals surface area (Å²) in [5, 5.41) is 4.04. The van der Waals surface area contributed by atoms with Gasteiger partial charge >= 0.3 is 6.09 Å². The molecule has 2 bridgehead atoms. The number of hydrogen-bond acceptors (Lipinski definition) is 7. The highest BCUT2D eigenvalue weighted by molar-refractivity contribution is 5.97. The molecule has 2 aliphatic rings. The summed E-state index contributed by atoms with van der Waals surface area (Å²) >= 11 is 0. The second-order valence-corrected chi connectivity index (χ2v) is 10.5. The molecule has 0 unspecified atom stereocenters. The molecule has 3 atom stereocenters. The van der Waals surface area contributed by atoms with Gasteiger partial charge < -0.3 is 29.0 Å². The number of ether oxygens (including phenoxy) is 3. The molecule has 1 aromatic heterocycles. The summed E-state index contributed by atoms with van der Waals surface area (Å²) < 4.78 is 17.2. The molecule has 1 aromatic carbocycles. The number of fused-ring (bicyclic) bond motifs is 3. The van der Waals surface area contributed by atoms with Crippen molar-refractivity contribution in [3.05, 3.63) is 46.2 Å². The largest absolute Gasteiger partial charge is 0.453 e. The number of para-hydroxylation sites is 1. The van der Waals surface area contributed by atoms with Crippen molar-refractivity contribution in [2.24, 2.45) is 0 Å². The Hall–Kier alpha value is -2.95. The molecule has 2 saturated heterocycles. The van der Waals surface area contributed by atoms with Crippen LogP contribution >= 0.6 is 0 Å². The van der Waals surface area contributed by atoms with Crippen molar-refractivity contribution in [3.8, 4) is 0 Å². The van der Waals surface area contributed by atoms with E-state index in [1.54, 1.807) is 29.8 Å². The van der Waals surface area contributed by atoms with Crippen molar-refractivity contribution in [2.45, 2.75) is 70.0 Å². The van der Waals surface area contributed by atoms with E-state index in [-0.39, 0.29) is 35.7 Å². The van der Waals surface area contributed by atoms with Crippen LogP contribution in [0.25, 0.3) is 10.9 Å². The Kier molecular flexibility index (Phi) is 9.07. The minimum Gasteiger partial charge on any atom is -0.453 e. The maximum absolute atomic E-state index is 13.3. The lowest BCUT2D eigenvalue weighted by atomic mass is 9.96. The van der Waals surface area contributed by atoms with E-state index in [0.29, 0.717) is 25.2 Å². The van der Waals surface area contributed by atoms with Gasteiger partial charge in [0.25, 0.3) is 11.5 Å². The Labute approximate surface area is 223 Å². The lowest BCUT2D eigenvalue weighted by Crippen LogP contribution is -2.53. The van der Waals surface area contributed by atoms with Crippen LogP contribution in [0.4, 0.5) is 4.79 Å². The van der Waals surface area contributed by atoms with Crippen molar-refractivity contribution in [3.63, 3.8) is 0 Å². The molecule has 2 amide bonds. The van der Waals surface area contributed by atoms with Gasteiger partial charge in [0.15, 0.2) is 6.29 Å². The second kappa shape index (κ2) is 12.3. The van der Waals surface area contributed by atoms with E-state index in [1.165, 1.54) is 7.11 Å². The van der Waals surface area contributed by atoms with Crippen molar-refractivity contribution < 1.29 is 23.8 Å². The number of carbonyl (C=O) groups is 2. The van der Waals surface area contributed by atoms with Gasteiger partial charge in [-0.25, -0.2) is 4.79 Å². The van der Waals surface area contributed by atoms with Crippen LogP contribution in [0.5, 0.6) is 0 Å². The first kappa shape index (κ1) is 28.1. The number of nitrogens with zero attached hydrogens (tertiary/aromatic N) is 3. The zero-order valence-corrected chi connectivity index (χ0v) is 23.0. The maximum Gasteiger partial charge on any atom is 0.409 e. The Morgan fingerprint density at radius 1 is 1.08 bits per heavy atom. The van der Waals surface area contributed by atoms with Gasteiger partial charge in [-0.2, -0.15) is 0 Å².